The maximum Gasteiger partial charge on any atom is 0.192 e. The molecule has 0 aromatic carbocycles. The minimum absolute atomic E-state index is 0.118. The lowest BCUT2D eigenvalue weighted by molar-refractivity contribution is 0.164. The maximum atomic E-state index is 9.20. The van der Waals surface area contributed by atoms with Crippen molar-refractivity contribution in [3.63, 3.8) is 0 Å². The number of nitriles is 1. The summed E-state index contributed by atoms with van der Waals surface area (Å²) in [5.74, 6) is 0. The second kappa shape index (κ2) is 7.81. The molecule has 1 aliphatic heterocycles. The van der Waals surface area contributed by atoms with Crippen molar-refractivity contribution in [1.29, 1.82) is 5.26 Å². The SMILES string of the molecule is CC(C)(C)[Si](C)(C)OC[C@@H]1C[C@@H](O[Si](C)(C)C(C)(C)C)[C@H](CC#N)N1. The normalized spacial score (nSPS) is 25.9. The van der Waals surface area contributed by atoms with Crippen LogP contribution in [0.5, 0.6) is 0 Å². The standard InChI is InChI=1S/C19H40N2O2Si2/c1-18(2,3)24(7,8)22-14-15-13-17(16(21-15)11-12-20)23-25(9,10)19(4,5)6/h15-17,21H,11,13-14H2,1-10H3/t15-,16-,17+/m0/s1. The van der Waals surface area contributed by atoms with Crippen molar-refractivity contribution in [2.24, 2.45) is 0 Å². The quantitative estimate of drug-likeness (QED) is 0.652. The Labute approximate surface area is 157 Å². The molecule has 0 unspecified atom stereocenters. The summed E-state index contributed by atoms with van der Waals surface area (Å²) in [7, 11) is -3.59. The van der Waals surface area contributed by atoms with Gasteiger partial charge in [-0.05, 0) is 42.7 Å². The summed E-state index contributed by atoms with van der Waals surface area (Å²) in [6, 6.07) is 2.72. The number of hydrogen-bond acceptors (Lipinski definition) is 4. The Morgan fingerprint density at radius 1 is 1.00 bits per heavy atom. The molecular formula is C19H40N2O2Si2. The zero-order valence-corrected chi connectivity index (χ0v) is 20.1. The molecule has 0 aromatic heterocycles. The van der Waals surface area contributed by atoms with Gasteiger partial charge in [-0.15, -0.1) is 0 Å². The van der Waals surface area contributed by atoms with E-state index in [-0.39, 0.29) is 28.3 Å². The van der Waals surface area contributed by atoms with E-state index in [0.29, 0.717) is 6.42 Å². The first-order valence-electron chi connectivity index (χ1n) is 9.55. The fraction of sp³-hybridized carbons (Fsp3) is 0.947. The van der Waals surface area contributed by atoms with E-state index >= 15 is 0 Å². The largest absolute Gasteiger partial charge is 0.415 e. The zero-order chi connectivity index (χ0) is 19.7. The highest BCUT2D eigenvalue weighted by atomic mass is 28.4. The summed E-state index contributed by atoms with van der Waals surface area (Å²) in [6.07, 6.45) is 1.55. The summed E-state index contributed by atoms with van der Waals surface area (Å²) in [5, 5.41) is 13.2. The Morgan fingerprint density at radius 2 is 1.52 bits per heavy atom. The van der Waals surface area contributed by atoms with E-state index in [1.807, 2.05) is 0 Å². The van der Waals surface area contributed by atoms with Gasteiger partial charge in [-0.1, -0.05) is 41.5 Å². The highest BCUT2D eigenvalue weighted by Crippen LogP contribution is 2.40. The average molecular weight is 385 g/mol. The van der Waals surface area contributed by atoms with Gasteiger partial charge in [0.25, 0.3) is 0 Å². The van der Waals surface area contributed by atoms with Gasteiger partial charge >= 0.3 is 0 Å². The van der Waals surface area contributed by atoms with Crippen molar-refractivity contribution >= 4 is 16.6 Å². The van der Waals surface area contributed by atoms with Crippen molar-refractivity contribution < 1.29 is 8.85 Å². The van der Waals surface area contributed by atoms with Crippen molar-refractivity contribution in [2.75, 3.05) is 6.61 Å². The molecule has 1 aliphatic rings. The molecule has 0 aliphatic carbocycles. The van der Waals surface area contributed by atoms with Gasteiger partial charge < -0.3 is 14.2 Å². The van der Waals surface area contributed by atoms with Gasteiger partial charge in [0, 0.05) is 18.7 Å². The van der Waals surface area contributed by atoms with Crippen molar-refractivity contribution in [3.05, 3.63) is 0 Å². The van der Waals surface area contributed by atoms with Crippen LogP contribution < -0.4 is 5.32 Å². The molecule has 1 N–H and O–H groups in total. The lowest BCUT2D eigenvalue weighted by Crippen LogP contribution is -2.47. The smallest absolute Gasteiger partial charge is 0.192 e. The highest BCUT2D eigenvalue weighted by molar-refractivity contribution is 6.74. The van der Waals surface area contributed by atoms with E-state index < -0.39 is 16.6 Å². The first-order chi connectivity index (χ1) is 11.1. The molecule has 1 saturated heterocycles. The molecule has 146 valence electrons. The summed E-state index contributed by atoms with van der Waals surface area (Å²) in [6.45, 7) is 23.5. The number of nitrogens with one attached hydrogen (secondary N) is 1. The lowest BCUT2D eigenvalue weighted by Gasteiger charge is -2.39. The molecule has 0 aromatic rings. The van der Waals surface area contributed by atoms with E-state index in [9.17, 15) is 5.26 Å². The van der Waals surface area contributed by atoms with Gasteiger partial charge in [-0.25, -0.2) is 0 Å². The molecule has 0 amide bonds. The summed E-state index contributed by atoms with van der Waals surface area (Å²) < 4.78 is 13.0. The Morgan fingerprint density at radius 3 is 1.96 bits per heavy atom. The molecule has 0 spiro atoms. The minimum atomic E-state index is -1.84. The summed E-state index contributed by atoms with van der Waals surface area (Å²) in [5.41, 5.74) is 0. The molecule has 0 bridgehead atoms. The highest BCUT2D eigenvalue weighted by Gasteiger charge is 2.44. The lowest BCUT2D eigenvalue weighted by atomic mass is 10.1. The molecule has 1 heterocycles. The second-order valence-electron chi connectivity index (χ2n) is 10.6. The van der Waals surface area contributed by atoms with Crippen LogP contribution in [0, 0.1) is 11.3 Å². The van der Waals surface area contributed by atoms with Gasteiger partial charge in [-0.2, -0.15) is 5.26 Å². The molecule has 6 heteroatoms. The predicted molar refractivity (Wildman–Crippen MR) is 111 cm³/mol. The van der Waals surface area contributed by atoms with Crippen LogP contribution in [0.4, 0.5) is 0 Å². The fourth-order valence-electron chi connectivity index (χ4n) is 2.54. The Hall–Kier alpha value is -0.196. The maximum absolute atomic E-state index is 9.20. The van der Waals surface area contributed by atoms with E-state index in [2.05, 4.69) is 79.1 Å². The Balaban J connectivity index is 2.75. The first kappa shape index (κ1) is 22.8. The third-order valence-electron chi connectivity index (χ3n) is 6.43. The van der Waals surface area contributed by atoms with Crippen LogP contribution >= 0.6 is 0 Å². The minimum Gasteiger partial charge on any atom is -0.415 e. The third-order valence-corrected chi connectivity index (χ3v) is 15.4. The molecule has 4 nitrogen and oxygen atoms in total. The molecule has 25 heavy (non-hydrogen) atoms. The summed E-state index contributed by atoms with van der Waals surface area (Å²) >= 11 is 0. The van der Waals surface area contributed by atoms with Crippen LogP contribution in [0.3, 0.4) is 0 Å². The van der Waals surface area contributed by atoms with Gasteiger partial charge in [0.15, 0.2) is 16.6 Å². The van der Waals surface area contributed by atoms with E-state index in [0.717, 1.165) is 13.0 Å². The first-order valence-corrected chi connectivity index (χ1v) is 15.4. The Bertz CT molecular complexity index is 487. The average Bonchev–Trinajstić information content (AvgIpc) is 2.76. The van der Waals surface area contributed by atoms with Crippen molar-refractivity contribution in [3.8, 4) is 6.07 Å². The number of rotatable bonds is 6. The van der Waals surface area contributed by atoms with E-state index in [1.165, 1.54) is 0 Å². The molecule has 0 radical (unpaired) electrons. The number of hydrogen-bond donors (Lipinski definition) is 1. The van der Waals surface area contributed by atoms with Crippen molar-refractivity contribution in [1.82, 2.24) is 5.32 Å². The van der Waals surface area contributed by atoms with E-state index in [4.69, 9.17) is 8.85 Å². The monoisotopic (exact) mass is 384 g/mol. The predicted octanol–water partition coefficient (Wildman–Crippen LogP) is 5.04. The zero-order valence-electron chi connectivity index (χ0n) is 18.1. The molecule has 1 rings (SSSR count). The summed E-state index contributed by atoms with van der Waals surface area (Å²) in [4.78, 5) is 0. The van der Waals surface area contributed by atoms with Gasteiger partial charge in [0.05, 0.1) is 18.6 Å². The topological polar surface area (TPSA) is 54.3 Å². The second-order valence-corrected chi connectivity index (χ2v) is 20.1. The molecular weight excluding hydrogens is 344 g/mol. The van der Waals surface area contributed by atoms with Crippen LogP contribution in [-0.4, -0.2) is 41.4 Å². The van der Waals surface area contributed by atoms with Crippen LogP contribution in [0.15, 0.2) is 0 Å². The van der Waals surface area contributed by atoms with Crippen LogP contribution in [0.1, 0.15) is 54.4 Å². The molecule has 0 saturated carbocycles. The van der Waals surface area contributed by atoms with E-state index in [1.54, 1.807) is 0 Å². The van der Waals surface area contributed by atoms with Crippen LogP contribution in [0.25, 0.3) is 0 Å². The third kappa shape index (κ3) is 5.90. The van der Waals surface area contributed by atoms with Gasteiger partial charge in [-0.3, -0.25) is 0 Å². The Kier molecular flexibility index (Phi) is 7.14. The van der Waals surface area contributed by atoms with Crippen molar-refractivity contribution in [2.45, 2.75) is 109 Å². The fourth-order valence-corrected chi connectivity index (χ4v) is 4.96. The van der Waals surface area contributed by atoms with Crippen LogP contribution in [0.2, 0.25) is 36.3 Å². The molecule has 3 atom stereocenters. The van der Waals surface area contributed by atoms with Gasteiger partial charge in [0.2, 0.25) is 0 Å². The number of nitrogens with zero attached hydrogens (tertiary/aromatic N) is 1. The van der Waals surface area contributed by atoms with Crippen LogP contribution in [-0.2, 0) is 8.85 Å². The van der Waals surface area contributed by atoms with Gasteiger partial charge in [0.1, 0.15) is 0 Å². The molecule has 1 fully saturated rings.